The summed E-state index contributed by atoms with van der Waals surface area (Å²) in [5.74, 6) is 0.542. The topological polar surface area (TPSA) is 0 Å². The summed E-state index contributed by atoms with van der Waals surface area (Å²) in [6.07, 6.45) is 0. The van der Waals surface area contributed by atoms with Gasteiger partial charge in [-0.15, -0.1) is 12.6 Å². The van der Waals surface area contributed by atoms with Gasteiger partial charge in [-0.2, -0.15) is 0 Å². The molecule has 0 fully saturated rings. The third-order valence-corrected chi connectivity index (χ3v) is 2.51. The van der Waals surface area contributed by atoms with Gasteiger partial charge < -0.3 is 0 Å². The van der Waals surface area contributed by atoms with Gasteiger partial charge in [0, 0.05) is 9.37 Å². The fourth-order valence-electron chi connectivity index (χ4n) is 0.988. The van der Waals surface area contributed by atoms with Gasteiger partial charge in [-0.3, -0.25) is 0 Å². The highest BCUT2D eigenvalue weighted by Crippen LogP contribution is 2.25. The van der Waals surface area contributed by atoms with Crippen molar-refractivity contribution < 1.29 is 0 Å². The Balaban J connectivity index is 3.13. The quantitative estimate of drug-likeness (QED) is 0.697. The van der Waals surface area contributed by atoms with Crippen molar-refractivity contribution in [1.82, 2.24) is 0 Å². The predicted octanol–water partition coefficient (Wildman–Crippen LogP) is 3.86. The molecule has 0 bridgehead atoms. The zero-order chi connectivity index (χ0) is 8.43. The molecule has 1 aromatic rings. The lowest BCUT2D eigenvalue weighted by Gasteiger charge is -2.08. The van der Waals surface area contributed by atoms with Gasteiger partial charge in [0.05, 0.1) is 0 Å². The smallest absolute Gasteiger partial charge is 0.0178 e. The zero-order valence-electron chi connectivity index (χ0n) is 6.63. The van der Waals surface area contributed by atoms with Crippen molar-refractivity contribution in [2.45, 2.75) is 24.7 Å². The maximum atomic E-state index is 4.36. The maximum Gasteiger partial charge on any atom is 0.0178 e. The van der Waals surface area contributed by atoms with E-state index in [1.165, 1.54) is 5.56 Å². The van der Waals surface area contributed by atoms with Gasteiger partial charge in [-0.25, -0.2) is 0 Å². The molecule has 0 aliphatic carbocycles. The van der Waals surface area contributed by atoms with Gasteiger partial charge in [0.2, 0.25) is 0 Å². The van der Waals surface area contributed by atoms with Crippen LogP contribution in [0.3, 0.4) is 0 Å². The highest BCUT2D eigenvalue weighted by atomic mass is 79.9. The summed E-state index contributed by atoms with van der Waals surface area (Å²) in [5, 5.41) is 0. The first kappa shape index (κ1) is 9.14. The number of hydrogen-bond donors (Lipinski definition) is 1. The Labute approximate surface area is 81.5 Å². The van der Waals surface area contributed by atoms with E-state index in [0.29, 0.717) is 5.92 Å². The van der Waals surface area contributed by atoms with Crippen molar-refractivity contribution in [3.05, 3.63) is 28.2 Å². The molecule has 0 radical (unpaired) electrons. The van der Waals surface area contributed by atoms with Gasteiger partial charge in [0.1, 0.15) is 0 Å². The van der Waals surface area contributed by atoms with Crippen LogP contribution in [0.4, 0.5) is 0 Å². The average Bonchev–Trinajstić information content (AvgIpc) is 1.94. The molecule has 0 aliphatic heterocycles. The van der Waals surface area contributed by atoms with Crippen LogP contribution in [0.5, 0.6) is 0 Å². The van der Waals surface area contributed by atoms with Crippen LogP contribution in [-0.2, 0) is 0 Å². The van der Waals surface area contributed by atoms with E-state index in [1.807, 2.05) is 12.1 Å². The third-order valence-electron chi connectivity index (χ3n) is 1.61. The van der Waals surface area contributed by atoms with Crippen molar-refractivity contribution in [2.24, 2.45) is 0 Å². The molecule has 0 saturated heterocycles. The first-order chi connectivity index (χ1) is 5.11. The maximum absolute atomic E-state index is 4.36. The Hall–Kier alpha value is 0.0500. The monoisotopic (exact) mass is 230 g/mol. The summed E-state index contributed by atoms with van der Waals surface area (Å²) in [7, 11) is 0. The van der Waals surface area contributed by atoms with Crippen LogP contribution in [0, 0.1) is 0 Å². The number of halogens is 1. The Bertz CT molecular complexity index is 256. The summed E-state index contributed by atoms with van der Waals surface area (Å²) in [5.41, 5.74) is 1.29. The summed E-state index contributed by atoms with van der Waals surface area (Å²) in [6, 6.07) is 6.14. The van der Waals surface area contributed by atoms with Crippen LogP contribution in [0.15, 0.2) is 27.6 Å². The molecule has 2 heteroatoms. The molecule has 0 heterocycles. The van der Waals surface area contributed by atoms with E-state index in [1.54, 1.807) is 0 Å². The van der Waals surface area contributed by atoms with E-state index in [2.05, 4.69) is 48.5 Å². The van der Waals surface area contributed by atoms with Crippen molar-refractivity contribution >= 4 is 28.6 Å². The molecule has 0 saturated carbocycles. The lowest BCUT2D eigenvalue weighted by Crippen LogP contribution is -1.88. The molecular weight excluding hydrogens is 220 g/mol. The highest BCUT2D eigenvalue weighted by molar-refractivity contribution is 9.10. The minimum absolute atomic E-state index is 0.542. The number of rotatable bonds is 1. The molecule has 0 unspecified atom stereocenters. The number of thiol groups is 1. The molecule has 0 atom stereocenters. The molecule has 1 aromatic carbocycles. The van der Waals surface area contributed by atoms with Crippen LogP contribution < -0.4 is 0 Å². The first-order valence-electron chi connectivity index (χ1n) is 3.59. The van der Waals surface area contributed by atoms with Gasteiger partial charge in [0.15, 0.2) is 0 Å². The summed E-state index contributed by atoms with van der Waals surface area (Å²) < 4.78 is 1.12. The molecule has 60 valence electrons. The largest absolute Gasteiger partial charge is 0.143 e. The minimum atomic E-state index is 0.542. The van der Waals surface area contributed by atoms with E-state index in [0.717, 1.165) is 9.37 Å². The van der Waals surface area contributed by atoms with Crippen LogP contribution >= 0.6 is 28.6 Å². The average molecular weight is 231 g/mol. The third kappa shape index (κ3) is 2.24. The number of hydrogen-bond acceptors (Lipinski definition) is 1. The molecule has 1 rings (SSSR count). The fourth-order valence-corrected chi connectivity index (χ4v) is 1.76. The van der Waals surface area contributed by atoms with Crippen LogP contribution in [-0.4, -0.2) is 0 Å². The lowest BCUT2D eigenvalue weighted by molar-refractivity contribution is 0.842. The standard InChI is InChI=1S/C9H11BrS/c1-6(2)8-5-7(10)3-4-9(8)11/h3-6,11H,1-2H3. The Morgan fingerprint density at radius 2 is 2.00 bits per heavy atom. The molecule has 0 aromatic heterocycles. The van der Waals surface area contributed by atoms with E-state index < -0.39 is 0 Å². The van der Waals surface area contributed by atoms with Crippen molar-refractivity contribution in [1.29, 1.82) is 0 Å². The molecular formula is C9H11BrS. The van der Waals surface area contributed by atoms with Gasteiger partial charge >= 0.3 is 0 Å². The van der Waals surface area contributed by atoms with E-state index in [4.69, 9.17) is 0 Å². The van der Waals surface area contributed by atoms with Gasteiger partial charge in [-0.1, -0.05) is 29.8 Å². The van der Waals surface area contributed by atoms with Crippen LogP contribution in [0.25, 0.3) is 0 Å². The Morgan fingerprint density at radius 1 is 1.36 bits per heavy atom. The van der Waals surface area contributed by atoms with E-state index in [9.17, 15) is 0 Å². The Morgan fingerprint density at radius 3 is 2.45 bits per heavy atom. The lowest BCUT2D eigenvalue weighted by atomic mass is 10.0. The Kier molecular flexibility index (Phi) is 3.02. The van der Waals surface area contributed by atoms with Gasteiger partial charge in [0.25, 0.3) is 0 Å². The summed E-state index contributed by atoms with van der Waals surface area (Å²) in [4.78, 5) is 1.07. The SMILES string of the molecule is CC(C)c1cc(Br)ccc1S. The molecule has 11 heavy (non-hydrogen) atoms. The van der Waals surface area contributed by atoms with Gasteiger partial charge in [-0.05, 0) is 29.7 Å². The summed E-state index contributed by atoms with van der Waals surface area (Å²) >= 11 is 7.79. The normalized spacial score (nSPS) is 10.6. The molecule has 0 amide bonds. The molecule has 0 spiro atoms. The second-order valence-corrected chi connectivity index (χ2v) is 4.26. The number of benzene rings is 1. The molecule has 0 N–H and O–H groups in total. The second-order valence-electron chi connectivity index (χ2n) is 2.86. The second kappa shape index (κ2) is 3.63. The molecule has 0 aliphatic rings. The van der Waals surface area contributed by atoms with Crippen LogP contribution in [0.2, 0.25) is 0 Å². The van der Waals surface area contributed by atoms with Crippen molar-refractivity contribution in [3.63, 3.8) is 0 Å². The summed E-state index contributed by atoms with van der Waals surface area (Å²) in [6.45, 7) is 4.34. The highest BCUT2D eigenvalue weighted by Gasteiger charge is 2.03. The zero-order valence-corrected chi connectivity index (χ0v) is 9.12. The predicted molar refractivity (Wildman–Crippen MR) is 55.5 cm³/mol. The molecule has 0 nitrogen and oxygen atoms in total. The fraction of sp³-hybridized carbons (Fsp3) is 0.333. The van der Waals surface area contributed by atoms with E-state index in [-0.39, 0.29) is 0 Å². The minimum Gasteiger partial charge on any atom is -0.143 e. The van der Waals surface area contributed by atoms with Crippen LogP contribution in [0.1, 0.15) is 25.3 Å². The van der Waals surface area contributed by atoms with Crippen molar-refractivity contribution in [3.8, 4) is 0 Å². The first-order valence-corrected chi connectivity index (χ1v) is 4.83. The van der Waals surface area contributed by atoms with E-state index >= 15 is 0 Å². The van der Waals surface area contributed by atoms with Crippen molar-refractivity contribution in [2.75, 3.05) is 0 Å².